The number of phosphoric ester groups is 2. The van der Waals surface area contributed by atoms with Gasteiger partial charge in [-0.1, -0.05) is 207 Å². The monoisotopic (exact) mass is 1070 g/mol. The van der Waals surface area contributed by atoms with Gasteiger partial charge in [0.05, 0.1) is 26.4 Å². The lowest BCUT2D eigenvalue weighted by molar-refractivity contribution is -0.161. The van der Waals surface area contributed by atoms with Gasteiger partial charge in [-0.3, -0.25) is 37.3 Å². The van der Waals surface area contributed by atoms with Crippen LogP contribution in [0.2, 0.25) is 0 Å². The first-order valence-corrected chi connectivity index (χ1v) is 31.3. The molecule has 0 bridgehead atoms. The van der Waals surface area contributed by atoms with Crippen LogP contribution in [0.4, 0.5) is 0 Å². The van der Waals surface area contributed by atoms with E-state index in [1.807, 2.05) is 0 Å². The van der Waals surface area contributed by atoms with Gasteiger partial charge in [0.1, 0.15) is 19.3 Å². The standard InChI is InChI=1S/C53H102O17P2/c1-5-9-13-17-20-23-24-25-28-32-36-40-53(58)70-49(44-64-51(56)38-34-30-26-21-18-14-10-6-2)46-68-72(61,62)66-42-47(54)41-65-71(59,60)67-45-48(43-63-50(55)37-33-29-16-12-8-4)69-52(57)39-35-31-27-22-19-15-11-7-3/h47-49,54H,5-46H2,1-4H3,(H,59,60)(H,61,62)/t47-,48+,49+/m0/s1. The maximum Gasteiger partial charge on any atom is 0.472 e. The van der Waals surface area contributed by atoms with E-state index >= 15 is 0 Å². The van der Waals surface area contributed by atoms with Crippen molar-refractivity contribution in [2.75, 3.05) is 39.6 Å². The van der Waals surface area contributed by atoms with E-state index in [9.17, 15) is 43.2 Å². The molecule has 0 aliphatic heterocycles. The molecule has 0 rings (SSSR count). The summed E-state index contributed by atoms with van der Waals surface area (Å²) in [6, 6.07) is 0. The quantitative estimate of drug-likeness (QED) is 0.0222. The van der Waals surface area contributed by atoms with Crippen molar-refractivity contribution in [1.82, 2.24) is 0 Å². The molecule has 2 unspecified atom stereocenters. The summed E-state index contributed by atoms with van der Waals surface area (Å²) in [6.07, 6.45) is 29.7. The van der Waals surface area contributed by atoms with Crippen molar-refractivity contribution < 1.29 is 80.2 Å². The van der Waals surface area contributed by atoms with Gasteiger partial charge in [0.2, 0.25) is 0 Å². The highest BCUT2D eigenvalue weighted by Gasteiger charge is 2.30. The van der Waals surface area contributed by atoms with Gasteiger partial charge in [0.25, 0.3) is 0 Å². The van der Waals surface area contributed by atoms with Gasteiger partial charge in [-0.25, -0.2) is 9.13 Å². The van der Waals surface area contributed by atoms with Crippen molar-refractivity contribution in [3.05, 3.63) is 0 Å². The number of unbranched alkanes of at least 4 members (excludes halogenated alkanes) is 28. The first-order chi connectivity index (χ1) is 34.7. The summed E-state index contributed by atoms with van der Waals surface area (Å²) in [7, 11) is -9.85. The fraction of sp³-hybridized carbons (Fsp3) is 0.925. The Kier molecular flexibility index (Phi) is 47.4. The summed E-state index contributed by atoms with van der Waals surface area (Å²) in [5.41, 5.74) is 0. The van der Waals surface area contributed by atoms with E-state index in [2.05, 4.69) is 27.7 Å². The summed E-state index contributed by atoms with van der Waals surface area (Å²) in [4.78, 5) is 71.3. The molecule has 426 valence electrons. The Balaban J connectivity index is 5.17. The van der Waals surface area contributed by atoms with Crippen LogP contribution in [-0.4, -0.2) is 96.7 Å². The lowest BCUT2D eigenvalue weighted by atomic mass is 10.1. The van der Waals surface area contributed by atoms with Crippen LogP contribution in [0, 0.1) is 0 Å². The number of hydrogen-bond donors (Lipinski definition) is 3. The molecule has 72 heavy (non-hydrogen) atoms. The zero-order valence-corrected chi connectivity index (χ0v) is 47.2. The van der Waals surface area contributed by atoms with E-state index in [4.69, 9.17) is 37.0 Å². The Morgan fingerprint density at radius 1 is 0.333 bits per heavy atom. The minimum Gasteiger partial charge on any atom is -0.462 e. The number of carbonyl (C=O) groups excluding carboxylic acids is 4. The van der Waals surface area contributed by atoms with Crippen LogP contribution in [0.5, 0.6) is 0 Å². The van der Waals surface area contributed by atoms with E-state index in [0.717, 1.165) is 109 Å². The second-order valence-electron chi connectivity index (χ2n) is 19.3. The maximum atomic E-state index is 12.8. The van der Waals surface area contributed by atoms with Crippen LogP contribution in [0.3, 0.4) is 0 Å². The Morgan fingerprint density at radius 3 is 0.819 bits per heavy atom. The van der Waals surface area contributed by atoms with Gasteiger partial charge in [-0.2, -0.15) is 0 Å². The molecule has 0 aromatic rings. The number of ether oxygens (including phenoxy) is 4. The molecule has 0 aromatic carbocycles. The summed E-state index contributed by atoms with van der Waals surface area (Å²) < 4.78 is 67.2. The predicted molar refractivity (Wildman–Crippen MR) is 280 cm³/mol. The third-order valence-electron chi connectivity index (χ3n) is 12.1. The van der Waals surface area contributed by atoms with Gasteiger partial charge in [-0.15, -0.1) is 0 Å². The largest absolute Gasteiger partial charge is 0.472 e. The highest BCUT2D eigenvalue weighted by molar-refractivity contribution is 7.47. The molecule has 0 aromatic heterocycles. The van der Waals surface area contributed by atoms with E-state index in [-0.39, 0.29) is 25.7 Å². The molecule has 0 spiro atoms. The van der Waals surface area contributed by atoms with Crippen LogP contribution in [-0.2, 0) is 65.4 Å². The average Bonchev–Trinajstić information content (AvgIpc) is 3.35. The highest BCUT2D eigenvalue weighted by Crippen LogP contribution is 2.45. The molecule has 3 N–H and O–H groups in total. The van der Waals surface area contributed by atoms with Crippen LogP contribution in [0.1, 0.15) is 259 Å². The number of esters is 4. The van der Waals surface area contributed by atoms with E-state index in [0.29, 0.717) is 25.7 Å². The summed E-state index contributed by atoms with van der Waals surface area (Å²) >= 11 is 0. The second kappa shape index (κ2) is 48.7. The molecule has 0 aliphatic carbocycles. The fourth-order valence-corrected chi connectivity index (χ4v) is 9.27. The van der Waals surface area contributed by atoms with Crippen molar-refractivity contribution in [1.29, 1.82) is 0 Å². The van der Waals surface area contributed by atoms with Crippen LogP contribution in [0.25, 0.3) is 0 Å². The number of hydrogen-bond acceptors (Lipinski definition) is 15. The fourth-order valence-electron chi connectivity index (χ4n) is 7.69. The number of phosphoric acid groups is 2. The third kappa shape index (κ3) is 47.8. The average molecular weight is 1070 g/mol. The minimum atomic E-state index is -4.93. The van der Waals surface area contributed by atoms with Crippen molar-refractivity contribution >= 4 is 39.5 Å². The first kappa shape index (κ1) is 70.1. The Hall–Kier alpha value is -1.94. The maximum absolute atomic E-state index is 12.8. The molecular formula is C53H102O17P2. The zero-order chi connectivity index (χ0) is 53.4. The SMILES string of the molecule is CCCCCCCCCCCCCC(=O)O[C@H](COC(=O)CCCCCCCCCC)COP(=O)(O)OC[C@@H](O)COP(=O)(O)OC[C@@H](COC(=O)CCCCCCC)OC(=O)CCCCCCCCCC. The van der Waals surface area contributed by atoms with Gasteiger partial charge in [0.15, 0.2) is 12.2 Å². The molecule has 5 atom stereocenters. The van der Waals surface area contributed by atoms with Crippen molar-refractivity contribution in [3.63, 3.8) is 0 Å². The Morgan fingerprint density at radius 2 is 0.556 bits per heavy atom. The smallest absolute Gasteiger partial charge is 0.462 e. The molecule has 0 heterocycles. The van der Waals surface area contributed by atoms with Gasteiger partial charge in [0, 0.05) is 25.7 Å². The zero-order valence-electron chi connectivity index (χ0n) is 45.4. The minimum absolute atomic E-state index is 0.104. The van der Waals surface area contributed by atoms with Gasteiger partial charge in [-0.05, 0) is 25.7 Å². The van der Waals surface area contributed by atoms with E-state index in [1.165, 1.54) is 70.6 Å². The molecule has 0 saturated heterocycles. The molecule has 0 amide bonds. The highest BCUT2D eigenvalue weighted by atomic mass is 31.2. The second-order valence-corrected chi connectivity index (χ2v) is 22.2. The Labute approximate surface area is 435 Å². The van der Waals surface area contributed by atoms with Crippen LogP contribution < -0.4 is 0 Å². The molecule has 0 fully saturated rings. The number of rotatable bonds is 54. The molecule has 19 heteroatoms. The number of aliphatic hydroxyl groups excluding tert-OH is 1. The predicted octanol–water partition coefficient (Wildman–Crippen LogP) is 13.6. The lowest BCUT2D eigenvalue weighted by Gasteiger charge is -2.21. The first-order valence-electron chi connectivity index (χ1n) is 28.3. The third-order valence-corrected chi connectivity index (χ3v) is 14.0. The van der Waals surface area contributed by atoms with Crippen molar-refractivity contribution in [2.24, 2.45) is 0 Å². The molecule has 0 saturated carbocycles. The molecular weight excluding hydrogens is 971 g/mol. The van der Waals surface area contributed by atoms with Crippen molar-refractivity contribution in [2.45, 2.75) is 277 Å². The van der Waals surface area contributed by atoms with Gasteiger partial charge >= 0.3 is 39.5 Å². The number of aliphatic hydroxyl groups is 1. The summed E-state index contributed by atoms with van der Waals surface area (Å²) in [6.45, 7) is 4.66. The normalized spacial score (nSPS) is 14.5. The van der Waals surface area contributed by atoms with Gasteiger partial charge < -0.3 is 33.8 Å². The Bertz CT molecular complexity index is 1420. The van der Waals surface area contributed by atoms with E-state index in [1.54, 1.807) is 0 Å². The lowest BCUT2D eigenvalue weighted by Crippen LogP contribution is -2.30. The summed E-state index contributed by atoms with van der Waals surface area (Å²) in [5, 5.41) is 10.4. The topological polar surface area (TPSA) is 237 Å². The van der Waals surface area contributed by atoms with Crippen LogP contribution in [0.15, 0.2) is 0 Å². The summed E-state index contributed by atoms with van der Waals surface area (Å²) in [5.74, 6) is -2.16. The van der Waals surface area contributed by atoms with Crippen LogP contribution >= 0.6 is 15.6 Å². The number of carbonyl (C=O) groups is 4. The van der Waals surface area contributed by atoms with E-state index < -0.39 is 97.5 Å². The molecule has 0 radical (unpaired) electrons. The van der Waals surface area contributed by atoms with Crippen molar-refractivity contribution in [3.8, 4) is 0 Å². The molecule has 17 nitrogen and oxygen atoms in total. The molecule has 0 aliphatic rings.